The topological polar surface area (TPSA) is 58.2 Å². The standard InChI is InChI=1S/C25H29N3O2/c1-2-25(22-12-7-13-23-21(22)14-26-27-23)19-10-6-11-20(25)16-28(15-19)24(29)30-17-18-8-4-3-5-9-18/h3-5,7-9,12-14,19-20H,2,6,10-11,15-17H2,1H3,(H,26,27). The van der Waals surface area contributed by atoms with Crippen LogP contribution in [0.2, 0.25) is 0 Å². The molecule has 5 rings (SSSR count). The lowest BCUT2D eigenvalue weighted by atomic mass is 9.53. The average molecular weight is 404 g/mol. The number of benzene rings is 2. The number of piperidine rings is 1. The maximum atomic E-state index is 12.9. The van der Waals surface area contributed by atoms with Crippen molar-refractivity contribution in [2.45, 2.75) is 44.6 Å². The number of nitrogens with one attached hydrogen (secondary N) is 1. The number of ether oxygens (including phenoxy) is 1. The lowest BCUT2D eigenvalue weighted by Crippen LogP contribution is -2.59. The van der Waals surface area contributed by atoms with Crippen LogP contribution in [0.1, 0.15) is 43.7 Å². The predicted octanol–water partition coefficient (Wildman–Crippen LogP) is 5.28. The second-order valence-corrected chi connectivity index (χ2v) is 8.80. The average Bonchev–Trinajstić information content (AvgIpc) is 3.26. The molecule has 0 spiro atoms. The van der Waals surface area contributed by atoms with E-state index in [9.17, 15) is 4.79 Å². The van der Waals surface area contributed by atoms with E-state index in [1.807, 2.05) is 41.4 Å². The predicted molar refractivity (Wildman–Crippen MR) is 117 cm³/mol. The van der Waals surface area contributed by atoms with Crippen molar-refractivity contribution < 1.29 is 9.53 Å². The number of aromatic amines is 1. The summed E-state index contributed by atoms with van der Waals surface area (Å²) in [7, 11) is 0. The molecule has 2 unspecified atom stereocenters. The van der Waals surface area contributed by atoms with Crippen LogP contribution in [-0.2, 0) is 16.8 Å². The summed E-state index contributed by atoms with van der Waals surface area (Å²) in [5.41, 5.74) is 3.63. The Kier molecular flexibility index (Phi) is 4.97. The maximum Gasteiger partial charge on any atom is 0.410 e. The number of fused-ring (bicyclic) bond motifs is 3. The molecule has 3 aromatic rings. The number of amides is 1. The quantitative estimate of drug-likeness (QED) is 0.645. The largest absolute Gasteiger partial charge is 0.445 e. The number of rotatable bonds is 4. The molecule has 1 aromatic heterocycles. The molecule has 2 bridgehead atoms. The van der Waals surface area contributed by atoms with Gasteiger partial charge in [0.25, 0.3) is 0 Å². The van der Waals surface area contributed by atoms with Crippen molar-refractivity contribution in [1.82, 2.24) is 15.1 Å². The van der Waals surface area contributed by atoms with Crippen LogP contribution in [0.4, 0.5) is 4.79 Å². The van der Waals surface area contributed by atoms with Crippen LogP contribution in [0.25, 0.3) is 10.9 Å². The fourth-order valence-corrected chi connectivity index (χ4v) is 6.12. The van der Waals surface area contributed by atoms with Gasteiger partial charge in [0.1, 0.15) is 6.61 Å². The van der Waals surface area contributed by atoms with Gasteiger partial charge < -0.3 is 9.64 Å². The molecular weight excluding hydrogens is 374 g/mol. The third-order valence-electron chi connectivity index (χ3n) is 7.48. The first-order chi connectivity index (χ1) is 14.7. The Bertz CT molecular complexity index is 1020. The lowest BCUT2D eigenvalue weighted by Gasteiger charge is -2.56. The molecule has 1 aliphatic carbocycles. The zero-order valence-corrected chi connectivity index (χ0v) is 17.5. The minimum Gasteiger partial charge on any atom is -0.445 e. The van der Waals surface area contributed by atoms with Crippen molar-refractivity contribution in [3.8, 4) is 0 Å². The Morgan fingerprint density at radius 3 is 2.63 bits per heavy atom. The van der Waals surface area contributed by atoms with Gasteiger partial charge in [0.15, 0.2) is 0 Å². The lowest BCUT2D eigenvalue weighted by molar-refractivity contribution is -0.0103. The van der Waals surface area contributed by atoms with Crippen LogP contribution in [0.5, 0.6) is 0 Å². The summed E-state index contributed by atoms with van der Waals surface area (Å²) in [6, 6.07) is 16.4. The van der Waals surface area contributed by atoms with E-state index >= 15 is 0 Å². The number of carbonyl (C=O) groups excluding carboxylic acids is 1. The number of hydrogen-bond acceptors (Lipinski definition) is 3. The molecule has 1 aliphatic heterocycles. The minimum absolute atomic E-state index is 0.0951. The first-order valence-corrected chi connectivity index (χ1v) is 11.1. The second-order valence-electron chi connectivity index (χ2n) is 8.80. The van der Waals surface area contributed by atoms with Crippen LogP contribution in [0.15, 0.2) is 54.7 Å². The van der Waals surface area contributed by atoms with Crippen LogP contribution in [0.3, 0.4) is 0 Å². The molecule has 1 N–H and O–H groups in total. The van der Waals surface area contributed by atoms with Crippen molar-refractivity contribution in [2.75, 3.05) is 13.1 Å². The van der Waals surface area contributed by atoms with Gasteiger partial charge in [-0.15, -0.1) is 0 Å². The molecule has 1 amide bonds. The second kappa shape index (κ2) is 7.78. The molecule has 2 atom stereocenters. The summed E-state index contributed by atoms with van der Waals surface area (Å²) >= 11 is 0. The van der Waals surface area contributed by atoms with Crippen molar-refractivity contribution in [3.63, 3.8) is 0 Å². The minimum atomic E-state index is -0.179. The fourth-order valence-electron chi connectivity index (χ4n) is 6.12. The zero-order chi connectivity index (χ0) is 20.6. The Balaban J connectivity index is 1.40. The van der Waals surface area contributed by atoms with Gasteiger partial charge in [-0.1, -0.05) is 55.8 Å². The normalized spacial score (nSPS) is 26.0. The first-order valence-electron chi connectivity index (χ1n) is 11.1. The van der Waals surface area contributed by atoms with E-state index in [-0.39, 0.29) is 11.5 Å². The Hall–Kier alpha value is -2.82. The highest BCUT2D eigenvalue weighted by molar-refractivity contribution is 5.83. The number of nitrogens with zero attached hydrogens (tertiary/aromatic N) is 2. The van der Waals surface area contributed by atoms with E-state index in [1.54, 1.807) is 0 Å². The fraction of sp³-hybridized carbons (Fsp3) is 0.440. The molecule has 2 heterocycles. The van der Waals surface area contributed by atoms with E-state index < -0.39 is 0 Å². The van der Waals surface area contributed by atoms with Crippen molar-refractivity contribution >= 4 is 17.0 Å². The van der Waals surface area contributed by atoms with Gasteiger partial charge in [0, 0.05) is 23.9 Å². The van der Waals surface area contributed by atoms with Crippen LogP contribution < -0.4 is 0 Å². The summed E-state index contributed by atoms with van der Waals surface area (Å²) in [6.45, 7) is 4.19. The molecule has 5 nitrogen and oxygen atoms in total. The van der Waals surface area contributed by atoms with Gasteiger partial charge in [-0.05, 0) is 48.3 Å². The Morgan fingerprint density at radius 2 is 1.90 bits per heavy atom. The number of likely N-dealkylation sites (tertiary alicyclic amines) is 1. The first kappa shape index (κ1) is 19.2. The van der Waals surface area contributed by atoms with E-state index in [0.717, 1.165) is 43.4 Å². The SMILES string of the molecule is CCC1(c2cccc3[nH]ncc23)C2CCCC1CN(C(=O)OCc1ccccc1)C2. The molecule has 2 fully saturated rings. The van der Waals surface area contributed by atoms with Gasteiger partial charge in [0.2, 0.25) is 0 Å². The Morgan fingerprint density at radius 1 is 1.13 bits per heavy atom. The molecule has 30 heavy (non-hydrogen) atoms. The van der Waals surface area contributed by atoms with Crippen LogP contribution in [-0.4, -0.2) is 34.3 Å². The molecule has 156 valence electrons. The van der Waals surface area contributed by atoms with E-state index in [2.05, 4.69) is 35.3 Å². The van der Waals surface area contributed by atoms with Crippen LogP contribution >= 0.6 is 0 Å². The molecule has 5 heteroatoms. The number of H-pyrrole nitrogens is 1. The summed E-state index contributed by atoms with van der Waals surface area (Å²) in [5, 5.41) is 8.67. The highest BCUT2D eigenvalue weighted by Gasteiger charge is 2.52. The molecule has 0 radical (unpaired) electrons. The van der Waals surface area contributed by atoms with Gasteiger partial charge in [-0.3, -0.25) is 5.10 Å². The van der Waals surface area contributed by atoms with Gasteiger partial charge >= 0.3 is 6.09 Å². The molecule has 2 aromatic carbocycles. The van der Waals surface area contributed by atoms with Gasteiger partial charge in [-0.25, -0.2) is 4.79 Å². The smallest absolute Gasteiger partial charge is 0.410 e. The van der Waals surface area contributed by atoms with E-state index in [0.29, 0.717) is 18.4 Å². The summed E-state index contributed by atoms with van der Waals surface area (Å²) in [6.07, 6.45) is 6.42. The van der Waals surface area contributed by atoms with Crippen LogP contribution in [0, 0.1) is 11.8 Å². The molecule has 1 saturated carbocycles. The van der Waals surface area contributed by atoms with Crippen molar-refractivity contribution in [2.24, 2.45) is 11.8 Å². The summed E-state index contributed by atoms with van der Waals surface area (Å²) in [5.74, 6) is 0.888. The number of hydrogen-bond donors (Lipinski definition) is 1. The number of aromatic nitrogens is 2. The summed E-state index contributed by atoms with van der Waals surface area (Å²) in [4.78, 5) is 14.9. The third-order valence-corrected chi connectivity index (χ3v) is 7.48. The van der Waals surface area contributed by atoms with E-state index in [4.69, 9.17) is 4.74 Å². The number of carbonyl (C=O) groups is 1. The highest BCUT2D eigenvalue weighted by atomic mass is 16.6. The van der Waals surface area contributed by atoms with E-state index in [1.165, 1.54) is 17.4 Å². The molecule has 1 saturated heterocycles. The molecule has 2 aliphatic rings. The zero-order valence-electron chi connectivity index (χ0n) is 17.5. The highest BCUT2D eigenvalue weighted by Crippen LogP contribution is 2.54. The third kappa shape index (κ3) is 3.08. The monoisotopic (exact) mass is 403 g/mol. The molecular formula is C25H29N3O2. The van der Waals surface area contributed by atoms with Gasteiger partial charge in [0.05, 0.1) is 11.7 Å². The van der Waals surface area contributed by atoms with Crippen molar-refractivity contribution in [1.29, 1.82) is 0 Å². The van der Waals surface area contributed by atoms with Gasteiger partial charge in [-0.2, -0.15) is 5.10 Å². The van der Waals surface area contributed by atoms with Crippen molar-refractivity contribution in [3.05, 3.63) is 65.9 Å². The maximum absolute atomic E-state index is 12.9. The summed E-state index contributed by atoms with van der Waals surface area (Å²) < 4.78 is 5.67. The Labute approximate surface area is 177 Å².